The second kappa shape index (κ2) is 5.41. The normalized spacial score (nSPS) is 21.2. The molecule has 0 radical (unpaired) electrons. The van der Waals surface area contributed by atoms with Gasteiger partial charge in [-0.25, -0.2) is 4.98 Å². The van der Waals surface area contributed by atoms with Gasteiger partial charge in [0.1, 0.15) is 5.82 Å². The Labute approximate surface area is 110 Å². The minimum absolute atomic E-state index is 0.00255. The lowest BCUT2D eigenvalue weighted by molar-refractivity contribution is 0.0671. The van der Waals surface area contributed by atoms with Crippen molar-refractivity contribution in [3.05, 3.63) is 18.2 Å². The maximum absolute atomic E-state index is 6.60. The highest BCUT2D eigenvalue weighted by atomic mass is 15.2. The van der Waals surface area contributed by atoms with Gasteiger partial charge in [-0.15, -0.1) is 0 Å². The number of hydrogen-bond acceptors (Lipinski definition) is 3. The van der Waals surface area contributed by atoms with Gasteiger partial charge in [0.15, 0.2) is 0 Å². The standard InChI is InChI=1S/C14H26N4/c1-4-18-11-10-16-13(18)12(15)14(17(2)3)8-6-5-7-9-14/h10-12H,4-9,15H2,1-3H3. The summed E-state index contributed by atoms with van der Waals surface area (Å²) in [5, 5.41) is 0. The molecule has 1 aliphatic carbocycles. The highest BCUT2D eigenvalue weighted by Crippen LogP contribution is 2.40. The van der Waals surface area contributed by atoms with Crippen LogP contribution in [0.15, 0.2) is 12.4 Å². The van der Waals surface area contributed by atoms with Crippen LogP contribution in [-0.2, 0) is 6.54 Å². The van der Waals surface area contributed by atoms with Crippen LogP contribution >= 0.6 is 0 Å². The molecule has 18 heavy (non-hydrogen) atoms. The fourth-order valence-corrected chi connectivity index (χ4v) is 3.31. The summed E-state index contributed by atoms with van der Waals surface area (Å²) >= 11 is 0. The first kappa shape index (κ1) is 13.6. The molecule has 1 aromatic rings. The fourth-order valence-electron chi connectivity index (χ4n) is 3.31. The molecule has 1 fully saturated rings. The van der Waals surface area contributed by atoms with E-state index in [9.17, 15) is 0 Å². The molecule has 0 aliphatic heterocycles. The van der Waals surface area contributed by atoms with E-state index in [1.807, 2.05) is 12.4 Å². The van der Waals surface area contributed by atoms with Crippen LogP contribution in [0, 0.1) is 0 Å². The van der Waals surface area contributed by atoms with Gasteiger partial charge >= 0.3 is 0 Å². The average Bonchev–Trinajstić information content (AvgIpc) is 2.86. The number of likely N-dealkylation sites (N-methyl/N-ethyl adjacent to an activating group) is 1. The summed E-state index contributed by atoms with van der Waals surface area (Å²) in [5.41, 5.74) is 6.68. The van der Waals surface area contributed by atoms with E-state index in [1.54, 1.807) is 0 Å². The predicted octanol–water partition coefficient (Wildman–Crippen LogP) is 2.17. The Morgan fingerprint density at radius 2 is 2.06 bits per heavy atom. The fraction of sp³-hybridized carbons (Fsp3) is 0.786. The molecular formula is C14H26N4. The van der Waals surface area contributed by atoms with E-state index >= 15 is 0 Å². The van der Waals surface area contributed by atoms with Crippen molar-refractivity contribution in [1.82, 2.24) is 14.5 Å². The zero-order valence-corrected chi connectivity index (χ0v) is 11.9. The molecule has 1 saturated carbocycles. The van der Waals surface area contributed by atoms with E-state index in [0.717, 1.165) is 12.4 Å². The van der Waals surface area contributed by atoms with Crippen molar-refractivity contribution in [3.8, 4) is 0 Å². The smallest absolute Gasteiger partial charge is 0.127 e. The largest absolute Gasteiger partial charge is 0.334 e. The van der Waals surface area contributed by atoms with Gasteiger partial charge in [0, 0.05) is 24.5 Å². The van der Waals surface area contributed by atoms with Crippen LogP contribution < -0.4 is 5.73 Å². The first-order valence-corrected chi connectivity index (χ1v) is 7.06. The van der Waals surface area contributed by atoms with Gasteiger partial charge in [0.2, 0.25) is 0 Å². The van der Waals surface area contributed by atoms with Crippen LogP contribution in [0.5, 0.6) is 0 Å². The molecule has 1 heterocycles. The number of nitrogens with two attached hydrogens (primary N) is 1. The molecule has 0 bridgehead atoms. The van der Waals surface area contributed by atoms with Crippen molar-refractivity contribution in [3.63, 3.8) is 0 Å². The molecular weight excluding hydrogens is 224 g/mol. The number of imidazole rings is 1. The molecule has 4 heteroatoms. The van der Waals surface area contributed by atoms with E-state index in [-0.39, 0.29) is 11.6 Å². The zero-order chi connectivity index (χ0) is 13.2. The van der Waals surface area contributed by atoms with E-state index in [4.69, 9.17) is 5.73 Å². The molecule has 2 rings (SSSR count). The Bertz CT molecular complexity index is 377. The quantitative estimate of drug-likeness (QED) is 0.891. The Morgan fingerprint density at radius 3 is 2.61 bits per heavy atom. The lowest BCUT2D eigenvalue weighted by Gasteiger charge is -2.46. The minimum atomic E-state index is 0.00255. The van der Waals surface area contributed by atoms with Crippen LogP contribution in [0.2, 0.25) is 0 Å². The van der Waals surface area contributed by atoms with Crippen molar-refractivity contribution in [2.45, 2.75) is 57.2 Å². The Balaban J connectivity index is 2.31. The maximum Gasteiger partial charge on any atom is 0.127 e. The third-order valence-electron chi connectivity index (χ3n) is 4.56. The molecule has 1 aliphatic rings. The number of rotatable bonds is 4. The van der Waals surface area contributed by atoms with Gasteiger partial charge in [-0.3, -0.25) is 0 Å². The average molecular weight is 250 g/mol. The summed E-state index contributed by atoms with van der Waals surface area (Å²) in [5.74, 6) is 1.04. The van der Waals surface area contributed by atoms with Crippen molar-refractivity contribution in [2.24, 2.45) is 5.73 Å². The van der Waals surface area contributed by atoms with Crippen LogP contribution in [-0.4, -0.2) is 34.1 Å². The van der Waals surface area contributed by atoms with Gasteiger partial charge < -0.3 is 15.2 Å². The number of hydrogen-bond donors (Lipinski definition) is 1. The molecule has 2 N–H and O–H groups in total. The highest BCUT2D eigenvalue weighted by molar-refractivity contribution is 5.10. The molecule has 1 atom stereocenters. The molecule has 0 aromatic carbocycles. The first-order chi connectivity index (χ1) is 8.62. The molecule has 102 valence electrons. The van der Waals surface area contributed by atoms with E-state index < -0.39 is 0 Å². The third kappa shape index (κ3) is 2.19. The highest BCUT2D eigenvalue weighted by Gasteiger charge is 2.42. The van der Waals surface area contributed by atoms with Crippen molar-refractivity contribution in [1.29, 1.82) is 0 Å². The molecule has 0 spiro atoms. The summed E-state index contributed by atoms with van der Waals surface area (Å²) in [6.07, 6.45) is 10.1. The van der Waals surface area contributed by atoms with Crippen LogP contribution in [0.25, 0.3) is 0 Å². The number of nitrogens with zero attached hydrogens (tertiary/aromatic N) is 3. The Hall–Kier alpha value is -0.870. The monoisotopic (exact) mass is 250 g/mol. The second-order valence-electron chi connectivity index (χ2n) is 5.61. The Morgan fingerprint density at radius 1 is 1.39 bits per heavy atom. The van der Waals surface area contributed by atoms with Crippen LogP contribution in [0.4, 0.5) is 0 Å². The van der Waals surface area contributed by atoms with Crippen molar-refractivity contribution in [2.75, 3.05) is 14.1 Å². The van der Waals surface area contributed by atoms with E-state index in [1.165, 1.54) is 32.1 Å². The van der Waals surface area contributed by atoms with E-state index in [0.29, 0.717) is 0 Å². The number of aryl methyl sites for hydroxylation is 1. The van der Waals surface area contributed by atoms with Gasteiger partial charge in [-0.2, -0.15) is 0 Å². The number of aromatic nitrogens is 2. The Kier molecular flexibility index (Phi) is 4.07. The van der Waals surface area contributed by atoms with Crippen molar-refractivity contribution < 1.29 is 0 Å². The third-order valence-corrected chi connectivity index (χ3v) is 4.56. The zero-order valence-electron chi connectivity index (χ0n) is 11.9. The predicted molar refractivity (Wildman–Crippen MR) is 74.3 cm³/mol. The minimum Gasteiger partial charge on any atom is -0.334 e. The van der Waals surface area contributed by atoms with Crippen LogP contribution in [0.1, 0.15) is 50.9 Å². The van der Waals surface area contributed by atoms with E-state index in [2.05, 4.69) is 35.5 Å². The summed E-state index contributed by atoms with van der Waals surface area (Å²) < 4.78 is 2.17. The molecule has 0 saturated heterocycles. The maximum atomic E-state index is 6.60. The van der Waals surface area contributed by atoms with Gasteiger partial charge in [-0.05, 0) is 33.9 Å². The van der Waals surface area contributed by atoms with Gasteiger partial charge in [0.25, 0.3) is 0 Å². The SMILES string of the molecule is CCn1ccnc1C(N)C1(N(C)C)CCCCC1. The lowest BCUT2D eigenvalue weighted by Crippen LogP contribution is -2.54. The second-order valence-corrected chi connectivity index (χ2v) is 5.61. The summed E-state index contributed by atoms with van der Waals surface area (Å²) in [6.45, 7) is 3.08. The first-order valence-electron chi connectivity index (χ1n) is 7.06. The van der Waals surface area contributed by atoms with Crippen LogP contribution in [0.3, 0.4) is 0 Å². The molecule has 4 nitrogen and oxygen atoms in total. The van der Waals surface area contributed by atoms with Gasteiger partial charge in [-0.1, -0.05) is 19.3 Å². The molecule has 1 aromatic heterocycles. The molecule has 1 unspecified atom stereocenters. The van der Waals surface area contributed by atoms with Crippen molar-refractivity contribution >= 4 is 0 Å². The summed E-state index contributed by atoms with van der Waals surface area (Å²) in [6, 6.07) is 0.00255. The molecule has 0 amide bonds. The lowest BCUT2D eigenvalue weighted by atomic mass is 9.75. The topological polar surface area (TPSA) is 47.1 Å². The van der Waals surface area contributed by atoms with Gasteiger partial charge in [0.05, 0.1) is 6.04 Å². The summed E-state index contributed by atoms with van der Waals surface area (Å²) in [4.78, 5) is 6.83. The summed E-state index contributed by atoms with van der Waals surface area (Å²) in [7, 11) is 4.31.